The normalized spacial score (nSPS) is 20.5. The van der Waals surface area contributed by atoms with E-state index in [-0.39, 0.29) is 5.91 Å². The van der Waals surface area contributed by atoms with Gasteiger partial charge in [-0.25, -0.2) is 0 Å². The zero-order valence-electron chi connectivity index (χ0n) is 11.5. The standard InChI is InChI=1S/C16H20N2O2/c19-16(18-11-12-5-2-1-3-6-12)13-7-4-8-14-15(13)20-10-9-17-14/h1-2,4,7-8,12,17H,3,5-6,9-11H2,(H,18,19). The average Bonchev–Trinajstić information content (AvgIpc) is 2.53. The molecule has 0 radical (unpaired) electrons. The fourth-order valence-corrected chi connectivity index (χ4v) is 2.72. The summed E-state index contributed by atoms with van der Waals surface area (Å²) in [6.45, 7) is 2.12. The van der Waals surface area contributed by atoms with Crippen molar-refractivity contribution in [3.05, 3.63) is 35.9 Å². The Bertz CT molecular complexity index is 525. The number of amides is 1. The molecule has 3 rings (SSSR count). The second kappa shape index (κ2) is 5.99. The molecule has 0 saturated heterocycles. The number of fused-ring (bicyclic) bond motifs is 1. The van der Waals surface area contributed by atoms with Gasteiger partial charge in [0.25, 0.3) is 5.91 Å². The molecule has 1 heterocycles. The number of allylic oxidation sites excluding steroid dienone is 2. The molecule has 1 amide bonds. The van der Waals surface area contributed by atoms with Crippen LogP contribution in [0.4, 0.5) is 5.69 Å². The maximum absolute atomic E-state index is 12.3. The first-order chi connectivity index (χ1) is 9.84. The van der Waals surface area contributed by atoms with Gasteiger partial charge >= 0.3 is 0 Å². The van der Waals surface area contributed by atoms with E-state index in [1.54, 1.807) is 0 Å². The minimum Gasteiger partial charge on any atom is -0.489 e. The van der Waals surface area contributed by atoms with Gasteiger partial charge in [-0.15, -0.1) is 0 Å². The molecular weight excluding hydrogens is 252 g/mol. The van der Waals surface area contributed by atoms with Crippen molar-refractivity contribution in [3.8, 4) is 5.75 Å². The van der Waals surface area contributed by atoms with E-state index in [0.29, 0.717) is 23.8 Å². The molecule has 106 valence electrons. The summed E-state index contributed by atoms with van der Waals surface area (Å²) in [6, 6.07) is 5.65. The minimum absolute atomic E-state index is 0.0416. The molecular formula is C16H20N2O2. The smallest absolute Gasteiger partial charge is 0.255 e. The average molecular weight is 272 g/mol. The van der Waals surface area contributed by atoms with Crippen LogP contribution in [0.25, 0.3) is 0 Å². The number of ether oxygens (including phenoxy) is 1. The molecule has 0 fully saturated rings. The maximum atomic E-state index is 12.3. The van der Waals surface area contributed by atoms with Crippen molar-refractivity contribution in [1.29, 1.82) is 0 Å². The van der Waals surface area contributed by atoms with Crippen LogP contribution in [0.3, 0.4) is 0 Å². The van der Waals surface area contributed by atoms with Gasteiger partial charge in [0.05, 0.1) is 11.3 Å². The van der Waals surface area contributed by atoms with Gasteiger partial charge in [-0.3, -0.25) is 4.79 Å². The summed E-state index contributed by atoms with van der Waals surface area (Å²) >= 11 is 0. The van der Waals surface area contributed by atoms with Crippen LogP contribution >= 0.6 is 0 Å². The summed E-state index contributed by atoms with van der Waals surface area (Å²) in [4.78, 5) is 12.3. The molecule has 2 N–H and O–H groups in total. The number of rotatable bonds is 3. The Kier molecular flexibility index (Phi) is 3.90. The van der Waals surface area contributed by atoms with Crippen molar-refractivity contribution in [2.45, 2.75) is 19.3 Å². The molecule has 4 heteroatoms. The molecule has 0 saturated carbocycles. The zero-order chi connectivity index (χ0) is 13.8. The third-order valence-electron chi connectivity index (χ3n) is 3.85. The lowest BCUT2D eigenvalue weighted by molar-refractivity contribution is 0.0942. The van der Waals surface area contributed by atoms with Crippen molar-refractivity contribution in [3.63, 3.8) is 0 Å². The number of benzene rings is 1. The van der Waals surface area contributed by atoms with Gasteiger partial charge in [-0.1, -0.05) is 18.2 Å². The van der Waals surface area contributed by atoms with Crippen molar-refractivity contribution in [1.82, 2.24) is 5.32 Å². The molecule has 0 spiro atoms. The molecule has 1 aromatic rings. The quantitative estimate of drug-likeness (QED) is 0.832. The second-order valence-electron chi connectivity index (χ2n) is 5.32. The molecule has 1 atom stereocenters. The maximum Gasteiger partial charge on any atom is 0.255 e. The molecule has 1 aromatic carbocycles. The summed E-state index contributed by atoms with van der Waals surface area (Å²) in [5.74, 6) is 1.20. The predicted octanol–water partition coefficient (Wildman–Crippen LogP) is 2.58. The molecule has 0 bridgehead atoms. The van der Waals surface area contributed by atoms with Gasteiger partial charge in [0.1, 0.15) is 6.61 Å². The lowest BCUT2D eigenvalue weighted by atomic mass is 9.94. The topological polar surface area (TPSA) is 50.4 Å². The van der Waals surface area contributed by atoms with Gasteiger partial charge in [0.15, 0.2) is 5.75 Å². The van der Waals surface area contributed by atoms with Crippen LogP contribution in [-0.4, -0.2) is 25.6 Å². The number of hydrogen-bond donors (Lipinski definition) is 2. The highest BCUT2D eigenvalue weighted by molar-refractivity contribution is 5.98. The van der Waals surface area contributed by atoms with Gasteiger partial charge < -0.3 is 15.4 Å². The van der Waals surface area contributed by atoms with Crippen molar-refractivity contribution in [2.75, 3.05) is 25.0 Å². The van der Waals surface area contributed by atoms with Crippen molar-refractivity contribution in [2.24, 2.45) is 5.92 Å². The summed E-state index contributed by atoms with van der Waals surface area (Å²) in [5, 5.41) is 6.29. The Balaban J connectivity index is 1.66. The number of para-hydroxylation sites is 1. The largest absolute Gasteiger partial charge is 0.489 e. The lowest BCUT2D eigenvalue weighted by Crippen LogP contribution is -2.31. The van der Waals surface area contributed by atoms with Crippen LogP contribution in [0, 0.1) is 5.92 Å². The van der Waals surface area contributed by atoms with Crippen LogP contribution in [0.5, 0.6) is 5.75 Å². The summed E-state index contributed by atoms with van der Waals surface area (Å²) < 4.78 is 5.63. The Morgan fingerprint density at radius 1 is 1.40 bits per heavy atom. The number of carbonyl (C=O) groups is 1. The Morgan fingerprint density at radius 2 is 2.35 bits per heavy atom. The monoisotopic (exact) mass is 272 g/mol. The van der Waals surface area contributed by atoms with Gasteiger partial charge in [-0.05, 0) is 37.3 Å². The molecule has 1 aliphatic heterocycles. The summed E-state index contributed by atoms with van der Waals surface area (Å²) in [6.07, 6.45) is 7.75. The predicted molar refractivity (Wildman–Crippen MR) is 79.2 cm³/mol. The molecule has 0 aromatic heterocycles. The number of nitrogens with one attached hydrogen (secondary N) is 2. The first kappa shape index (κ1) is 13.0. The van der Waals surface area contributed by atoms with Crippen LogP contribution in [-0.2, 0) is 0 Å². The van der Waals surface area contributed by atoms with E-state index in [4.69, 9.17) is 4.74 Å². The fraction of sp³-hybridized carbons (Fsp3) is 0.438. The SMILES string of the molecule is O=C(NCC1CC=CCC1)c1cccc2c1OCCN2. The highest BCUT2D eigenvalue weighted by Gasteiger charge is 2.19. The van der Waals surface area contributed by atoms with Crippen molar-refractivity contribution < 1.29 is 9.53 Å². The summed E-state index contributed by atoms with van der Waals surface area (Å²) in [5.41, 5.74) is 1.53. The summed E-state index contributed by atoms with van der Waals surface area (Å²) in [7, 11) is 0. The van der Waals surface area contributed by atoms with Crippen molar-refractivity contribution >= 4 is 11.6 Å². The molecule has 1 aliphatic carbocycles. The van der Waals surface area contributed by atoms with E-state index in [2.05, 4.69) is 22.8 Å². The third-order valence-corrected chi connectivity index (χ3v) is 3.85. The molecule has 4 nitrogen and oxygen atoms in total. The van der Waals surface area contributed by atoms with Gasteiger partial charge in [0, 0.05) is 13.1 Å². The van der Waals surface area contributed by atoms with Gasteiger partial charge in [-0.2, -0.15) is 0 Å². The van der Waals surface area contributed by atoms with Gasteiger partial charge in [0.2, 0.25) is 0 Å². The third kappa shape index (κ3) is 2.79. The number of hydrogen-bond acceptors (Lipinski definition) is 3. The molecule has 2 aliphatic rings. The van der Waals surface area contributed by atoms with Crippen LogP contribution in [0.2, 0.25) is 0 Å². The van der Waals surface area contributed by atoms with E-state index in [0.717, 1.165) is 38.0 Å². The number of anilines is 1. The second-order valence-corrected chi connectivity index (χ2v) is 5.32. The first-order valence-electron chi connectivity index (χ1n) is 7.27. The highest BCUT2D eigenvalue weighted by Crippen LogP contribution is 2.31. The Labute approximate surface area is 119 Å². The molecule has 1 unspecified atom stereocenters. The highest BCUT2D eigenvalue weighted by atomic mass is 16.5. The fourth-order valence-electron chi connectivity index (χ4n) is 2.72. The van der Waals surface area contributed by atoms with Crippen LogP contribution in [0.1, 0.15) is 29.6 Å². The Morgan fingerprint density at radius 3 is 3.20 bits per heavy atom. The van der Waals surface area contributed by atoms with E-state index in [1.807, 2.05) is 18.2 Å². The van der Waals surface area contributed by atoms with E-state index < -0.39 is 0 Å². The van der Waals surface area contributed by atoms with E-state index >= 15 is 0 Å². The Hall–Kier alpha value is -1.97. The van der Waals surface area contributed by atoms with Crippen LogP contribution < -0.4 is 15.4 Å². The van der Waals surface area contributed by atoms with E-state index in [9.17, 15) is 4.79 Å². The molecule has 20 heavy (non-hydrogen) atoms. The van der Waals surface area contributed by atoms with E-state index in [1.165, 1.54) is 0 Å². The minimum atomic E-state index is -0.0416. The first-order valence-corrected chi connectivity index (χ1v) is 7.27. The lowest BCUT2D eigenvalue weighted by Gasteiger charge is -2.22. The zero-order valence-corrected chi connectivity index (χ0v) is 11.5. The number of carbonyl (C=O) groups excluding carboxylic acids is 1. The van der Waals surface area contributed by atoms with Crippen LogP contribution in [0.15, 0.2) is 30.4 Å².